The minimum Gasteiger partial charge on any atom is -0.393 e. The molecule has 7 heteroatoms. The molecule has 0 fully saturated rings. The van der Waals surface area contributed by atoms with Gasteiger partial charge in [-0.1, -0.05) is 5.18 Å². The van der Waals surface area contributed by atoms with Gasteiger partial charge in [-0.25, -0.2) is 0 Å². The van der Waals surface area contributed by atoms with E-state index >= 15 is 0 Å². The highest BCUT2D eigenvalue weighted by Gasteiger charge is 2.29. The van der Waals surface area contributed by atoms with Crippen molar-refractivity contribution >= 4 is 21.6 Å². The summed E-state index contributed by atoms with van der Waals surface area (Å²) in [5.41, 5.74) is -1.27. The van der Waals surface area contributed by atoms with E-state index in [0.717, 1.165) is 4.47 Å². The van der Waals surface area contributed by atoms with Crippen LogP contribution in [0.3, 0.4) is 0 Å². The number of halogens is 1. The zero-order valence-electron chi connectivity index (χ0n) is 8.93. The molecule has 1 atom stereocenters. The van der Waals surface area contributed by atoms with E-state index in [1.54, 1.807) is 12.1 Å². The second kappa shape index (κ2) is 5.95. The molecule has 17 heavy (non-hydrogen) atoms. The van der Waals surface area contributed by atoms with Crippen molar-refractivity contribution in [1.29, 1.82) is 5.41 Å². The van der Waals surface area contributed by atoms with Crippen LogP contribution in [-0.2, 0) is 0 Å². The van der Waals surface area contributed by atoms with Crippen LogP contribution in [0.25, 0.3) is 0 Å². The van der Waals surface area contributed by atoms with Crippen LogP contribution in [0.15, 0.2) is 28.0 Å². The number of aliphatic hydroxyl groups excluding tert-OH is 1. The van der Waals surface area contributed by atoms with E-state index in [4.69, 9.17) is 10.5 Å². The summed E-state index contributed by atoms with van der Waals surface area (Å²) in [6.45, 7) is -1.08. The quantitative estimate of drug-likeness (QED) is 0.540. The Morgan fingerprint density at radius 3 is 2.76 bits per heavy atom. The lowest BCUT2D eigenvalue weighted by molar-refractivity contribution is -0.000226. The van der Waals surface area contributed by atoms with Crippen molar-refractivity contribution in [3.8, 4) is 0 Å². The Morgan fingerprint density at radius 1 is 1.59 bits per heavy atom. The number of nitrogens with one attached hydrogen (secondary N) is 1. The zero-order valence-corrected chi connectivity index (χ0v) is 10.5. The second-order valence-electron chi connectivity index (χ2n) is 3.69. The van der Waals surface area contributed by atoms with Gasteiger partial charge in [-0.3, -0.25) is 4.98 Å². The number of aliphatic hydroxyl groups is 2. The Hall–Kier alpha value is -1.18. The van der Waals surface area contributed by atoms with E-state index in [9.17, 15) is 10.0 Å². The summed E-state index contributed by atoms with van der Waals surface area (Å²) >= 11 is 3.22. The first-order valence-electron chi connectivity index (χ1n) is 4.82. The first-order valence-corrected chi connectivity index (χ1v) is 5.62. The molecule has 1 rings (SSSR count). The van der Waals surface area contributed by atoms with Gasteiger partial charge in [0.1, 0.15) is 12.1 Å². The molecule has 0 aliphatic heterocycles. The van der Waals surface area contributed by atoms with E-state index in [0.29, 0.717) is 5.69 Å². The molecule has 1 unspecified atom stereocenters. The molecule has 0 bridgehead atoms. The van der Waals surface area contributed by atoms with E-state index < -0.39 is 18.8 Å². The lowest BCUT2D eigenvalue weighted by Gasteiger charge is -2.22. The summed E-state index contributed by atoms with van der Waals surface area (Å²) in [4.78, 5) is 14.1. The number of rotatable bonds is 6. The standard InChI is InChI=1S/C10H12BrN3O3/c11-7-1-2-9(13-4-7)8(12)3-10(16,6-15)5-14-17/h1-2,4,12,15-16H,3,5-6H2. The Kier molecular flexibility index (Phi) is 4.86. The molecule has 0 saturated heterocycles. The Labute approximate surface area is 106 Å². The van der Waals surface area contributed by atoms with Gasteiger partial charge in [-0.05, 0) is 28.1 Å². The van der Waals surface area contributed by atoms with Gasteiger partial charge >= 0.3 is 0 Å². The molecule has 92 valence electrons. The monoisotopic (exact) mass is 301 g/mol. The number of pyridine rings is 1. The molecule has 0 radical (unpaired) electrons. The van der Waals surface area contributed by atoms with Crippen molar-refractivity contribution in [1.82, 2.24) is 4.98 Å². The Balaban J connectivity index is 2.77. The van der Waals surface area contributed by atoms with Crippen LogP contribution in [0.5, 0.6) is 0 Å². The van der Waals surface area contributed by atoms with Gasteiger partial charge in [0, 0.05) is 17.1 Å². The Bertz CT molecular complexity index is 410. The number of nitroso groups, excluding NO2 is 1. The van der Waals surface area contributed by atoms with Gasteiger partial charge in [0.2, 0.25) is 0 Å². The van der Waals surface area contributed by atoms with Gasteiger partial charge in [0.25, 0.3) is 0 Å². The number of nitrogens with zero attached hydrogens (tertiary/aromatic N) is 2. The predicted molar refractivity (Wildman–Crippen MR) is 66.1 cm³/mol. The van der Waals surface area contributed by atoms with Crippen LogP contribution in [-0.4, -0.2) is 39.7 Å². The molecule has 1 heterocycles. The topological polar surface area (TPSA) is 107 Å². The minimum atomic E-state index is -1.69. The van der Waals surface area contributed by atoms with Crippen molar-refractivity contribution in [3.05, 3.63) is 33.4 Å². The van der Waals surface area contributed by atoms with E-state index in [1.165, 1.54) is 6.20 Å². The number of aromatic nitrogens is 1. The van der Waals surface area contributed by atoms with Gasteiger partial charge in [0.05, 0.1) is 18.0 Å². The third kappa shape index (κ3) is 3.95. The molecule has 1 aromatic rings. The summed E-state index contributed by atoms with van der Waals surface area (Å²) in [5.74, 6) is 0. The molecule has 6 nitrogen and oxygen atoms in total. The third-order valence-corrected chi connectivity index (χ3v) is 2.66. The first-order chi connectivity index (χ1) is 8.00. The highest BCUT2D eigenvalue weighted by molar-refractivity contribution is 9.10. The molecule has 0 aliphatic carbocycles. The lowest BCUT2D eigenvalue weighted by atomic mass is 9.96. The normalized spacial score (nSPS) is 14.1. The minimum absolute atomic E-state index is 0.0395. The molecular formula is C10H12BrN3O3. The average Bonchev–Trinajstić information content (AvgIpc) is 2.30. The van der Waals surface area contributed by atoms with Crippen LogP contribution in [0.1, 0.15) is 12.1 Å². The fourth-order valence-corrected chi connectivity index (χ4v) is 1.49. The molecule has 0 aromatic carbocycles. The summed E-state index contributed by atoms with van der Waals surface area (Å²) in [6, 6.07) is 3.32. The molecular weight excluding hydrogens is 290 g/mol. The fourth-order valence-electron chi connectivity index (χ4n) is 1.26. The van der Waals surface area contributed by atoms with E-state index in [-0.39, 0.29) is 12.1 Å². The maximum atomic E-state index is 10.1. The zero-order chi connectivity index (χ0) is 12.9. The third-order valence-electron chi connectivity index (χ3n) is 2.20. The van der Waals surface area contributed by atoms with Crippen LogP contribution in [0.2, 0.25) is 0 Å². The van der Waals surface area contributed by atoms with Gasteiger partial charge in [-0.15, -0.1) is 0 Å². The average molecular weight is 302 g/mol. The summed E-state index contributed by atoms with van der Waals surface area (Å²) < 4.78 is 0.779. The van der Waals surface area contributed by atoms with E-state index in [1.807, 2.05) is 0 Å². The lowest BCUT2D eigenvalue weighted by Crippen LogP contribution is -2.39. The number of hydrogen-bond acceptors (Lipinski definition) is 6. The first kappa shape index (κ1) is 13.9. The highest BCUT2D eigenvalue weighted by atomic mass is 79.9. The molecule has 1 aromatic heterocycles. The van der Waals surface area contributed by atoms with Crippen LogP contribution < -0.4 is 0 Å². The Morgan fingerprint density at radius 2 is 2.29 bits per heavy atom. The van der Waals surface area contributed by atoms with Crippen LogP contribution in [0, 0.1) is 10.3 Å². The van der Waals surface area contributed by atoms with Crippen molar-refractivity contribution < 1.29 is 10.2 Å². The molecule has 0 aliphatic rings. The maximum Gasteiger partial charge on any atom is 0.116 e. The molecule has 0 amide bonds. The van der Waals surface area contributed by atoms with Crippen LogP contribution >= 0.6 is 15.9 Å². The fraction of sp³-hybridized carbons (Fsp3) is 0.400. The van der Waals surface area contributed by atoms with Gasteiger partial charge in [0.15, 0.2) is 0 Å². The van der Waals surface area contributed by atoms with Crippen LogP contribution in [0.4, 0.5) is 0 Å². The SMILES string of the molecule is N=C(CC(O)(CO)CN=O)c1ccc(Br)cn1. The second-order valence-corrected chi connectivity index (χ2v) is 4.60. The summed E-state index contributed by atoms with van der Waals surface area (Å²) in [7, 11) is 0. The molecule has 0 saturated carbocycles. The summed E-state index contributed by atoms with van der Waals surface area (Å²) in [5, 5.41) is 29.1. The highest BCUT2D eigenvalue weighted by Crippen LogP contribution is 2.15. The maximum absolute atomic E-state index is 10.1. The summed E-state index contributed by atoms with van der Waals surface area (Å²) in [6.07, 6.45) is 1.35. The predicted octanol–water partition coefficient (Wildman–Crippen LogP) is 1.09. The van der Waals surface area contributed by atoms with Crippen molar-refractivity contribution in [2.45, 2.75) is 12.0 Å². The van der Waals surface area contributed by atoms with Gasteiger partial charge in [-0.2, -0.15) is 4.91 Å². The molecule has 0 spiro atoms. The van der Waals surface area contributed by atoms with Crippen molar-refractivity contribution in [2.75, 3.05) is 13.2 Å². The smallest absolute Gasteiger partial charge is 0.116 e. The van der Waals surface area contributed by atoms with Gasteiger partial charge < -0.3 is 15.6 Å². The largest absolute Gasteiger partial charge is 0.393 e. The molecule has 3 N–H and O–H groups in total. The van der Waals surface area contributed by atoms with Crippen molar-refractivity contribution in [3.63, 3.8) is 0 Å². The van der Waals surface area contributed by atoms with Crippen molar-refractivity contribution in [2.24, 2.45) is 5.18 Å². The van der Waals surface area contributed by atoms with E-state index in [2.05, 4.69) is 26.1 Å². The number of hydrogen-bond donors (Lipinski definition) is 3.